The molecule has 2 unspecified atom stereocenters. The number of carbonyl (C=O) groups is 2. The van der Waals surface area contributed by atoms with Gasteiger partial charge in [0, 0.05) is 42.5 Å². The van der Waals surface area contributed by atoms with Crippen LogP contribution in [-0.4, -0.2) is 60.4 Å². The van der Waals surface area contributed by atoms with Crippen molar-refractivity contribution in [2.45, 2.75) is 45.1 Å². The molecular formula is C19H28ClN3O2S. The van der Waals surface area contributed by atoms with Crippen LogP contribution in [0.2, 0.25) is 0 Å². The molecule has 7 heteroatoms. The molecular weight excluding hydrogens is 370 g/mol. The van der Waals surface area contributed by atoms with Gasteiger partial charge in [-0.25, -0.2) is 0 Å². The van der Waals surface area contributed by atoms with Crippen LogP contribution in [0.4, 0.5) is 0 Å². The molecule has 5 nitrogen and oxygen atoms in total. The van der Waals surface area contributed by atoms with Crippen LogP contribution in [0.1, 0.15) is 47.0 Å². The zero-order valence-electron chi connectivity index (χ0n) is 15.3. The third-order valence-electron chi connectivity index (χ3n) is 5.88. The maximum atomic E-state index is 13.1. The first kappa shape index (κ1) is 19.6. The predicted molar refractivity (Wildman–Crippen MR) is 106 cm³/mol. The van der Waals surface area contributed by atoms with E-state index in [1.54, 1.807) is 11.3 Å². The van der Waals surface area contributed by atoms with Crippen molar-refractivity contribution in [1.29, 1.82) is 0 Å². The molecule has 2 amide bonds. The van der Waals surface area contributed by atoms with E-state index in [-0.39, 0.29) is 30.3 Å². The molecule has 0 spiro atoms. The van der Waals surface area contributed by atoms with Gasteiger partial charge in [0.2, 0.25) is 5.91 Å². The summed E-state index contributed by atoms with van der Waals surface area (Å²) in [6.45, 7) is 5.84. The third kappa shape index (κ3) is 3.78. The Hall–Kier alpha value is -1.11. The van der Waals surface area contributed by atoms with Crippen molar-refractivity contribution >= 4 is 35.6 Å². The maximum Gasteiger partial charge on any atom is 0.255 e. The van der Waals surface area contributed by atoms with Gasteiger partial charge in [0.1, 0.15) is 0 Å². The van der Waals surface area contributed by atoms with Crippen molar-refractivity contribution in [3.8, 4) is 0 Å². The van der Waals surface area contributed by atoms with Gasteiger partial charge >= 0.3 is 0 Å². The molecule has 0 bridgehead atoms. The smallest absolute Gasteiger partial charge is 0.255 e. The normalized spacial score (nSPS) is 26.3. The van der Waals surface area contributed by atoms with Gasteiger partial charge in [0.15, 0.2) is 0 Å². The quantitative estimate of drug-likeness (QED) is 0.833. The highest BCUT2D eigenvalue weighted by Gasteiger charge is 2.33. The lowest BCUT2D eigenvalue weighted by Gasteiger charge is -2.41. The summed E-state index contributed by atoms with van der Waals surface area (Å²) in [5.41, 5.74) is 2.23. The second kappa shape index (κ2) is 8.28. The summed E-state index contributed by atoms with van der Waals surface area (Å²) in [5, 5.41) is 5.20. The number of piperidine rings is 1. The van der Waals surface area contributed by atoms with Crippen molar-refractivity contribution in [1.82, 2.24) is 15.1 Å². The Bertz CT molecular complexity index is 678. The zero-order valence-corrected chi connectivity index (χ0v) is 17.0. The number of fused-ring (bicyclic) bond motifs is 1. The van der Waals surface area contributed by atoms with Crippen molar-refractivity contribution < 1.29 is 9.59 Å². The fourth-order valence-corrected chi connectivity index (χ4v) is 5.67. The van der Waals surface area contributed by atoms with Gasteiger partial charge in [-0.1, -0.05) is 6.92 Å². The minimum atomic E-state index is 0. The molecule has 1 aliphatic carbocycles. The van der Waals surface area contributed by atoms with Crippen molar-refractivity contribution in [3.05, 3.63) is 21.4 Å². The monoisotopic (exact) mass is 397 g/mol. The van der Waals surface area contributed by atoms with E-state index in [1.165, 1.54) is 16.9 Å². The fraction of sp³-hybridized carbons (Fsp3) is 0.684. The number of nitrogens with zero attached hydrogens (tertiary/aromatic N) is 2. The number of thiophene rings is 1. The number of rotatable bonds is 2. The van der Waals surface area contributed by atoms with Crippen LogP contribution in [0.15, 0.2) is 5.38 Å². The lowest BCUT2D eigenvalue weighted by atomic mass is 9.88. The largest absolute Gasteiger partial charge is 0.337 e. The van der Waals surface area contributed by atoms with Gasteiger partial charge in [-0.3, -0.25) is 9.59 Å². The molecule has 3 aliphatic rings. The van der Waals surface area contributed by atoms with E-state index in [0.29, 0.717) is 13.1 Å². The second-order valence-corrected chi connectivity index (χ2v) is 8.67. The van der Waals surface area contributed by atoms with E-state index >= 15 is 0 Å². The van der Waals surface area contributed by atoms with E-state index in [2.05, 4.69) is 17.6 Å². The molecule has 1 N–H and O–H groups in total. The van der Waals surface area contributed by atoms with E-state index < -0.39 is 0 Å². The van der Waals surface area contributed by atoms with Crippen LogP contribution in [0.25, 0.3) is 0 Å². The van der Waals surface area contributed by atoms with Gasteiger partial charge in [0.25, 0.3) is 5.91 Å². The van der Waals surface area contributed by atoms with Gasteiger partial charge in [-0.2, -0.15) is 0 Å². The molecule has 3 heterocycles. The molecule has 2 aliphatic heterocycles. The first-order chi connectivity index (χ1) is 12.1. The molecule has 1 aromatic heterocycles. The number of amides is 2. The molecule has 26 heavy (non-hydrogen) atoms. The minimum absolute atomic E-state index is 0. The van der Waals surface area contributed by atoms with Gasteiger partial charge < -0.3 is 15.1 Å². The molecule has 2 fully saturated rings. The molecule has 144 valence electrons. The van der Waals surface area contributed by atoms with Crippen LogP contribution in [0, 0.1) is 5.92 Å². The summed E-state index contributed by atoms with van der Waals surface area (Å²) in [6.07, 6.45) is 5.33. The van der Waals surface area contributed by atoms with Crippen molar-refractivity contribution in [3.63, 3.8) is 0 Å². The number of carbonyl (C=O) groups excluding carboxylic acids is 2. The lowest BCUT2D eigenvalue weighted by molar-refractivity contribution is -0.135. The SMILES string of the molecule is CC1CCc2c(C(=O)N3CCCC(N4CCNCC4=O)C3)csc2C1.Cl. The van der Waals surface area contributed by atoms with E-state index in [1.807, 2.05) is 9.80 Å². The van der Waals surface area contributed by atoms with Crippen LogP contribution < -0.4 is 5.32 Å². The van der Waals surface area contributed by atoms with Crippen LogP contribution in [-0.2, 0) is 17.6 Å². The number of piperazine rings is 1. The highest BCUT2D eigenvalue weighted by molar-refractivity contribution is 7.10. The average Bonchev–Trinajstić information content (AvgIpc) is 3.04. The summed E-state index contributed by atoms with van der Waals surface area (Å²) >= 11 is 1.76. The van der Waals surface area contributed by atoms with Crippen LogP contribution in [0.5, 0.6) is 0 Å². The molecule has 2 atom stereocenters. The summed E-state index contributed by atoms with van der Waals surface area (Å²) in [7, 11) is 0. The Morgan fingerprint density at radius 3 is 2.96 bits per heavy atom. The zero-order chi connectivity index (χ0) is 17.4. The number of nitrogens with one attached hydrogen (secondary N) is 1. The molecule has 0 radical (unpaired) electrons. The first-order valence-corrected chi connectivity index (χ1v) is 10.4. The molecule has 0 saturated carbocycles. The van der Waals surface area contributed by atoms with Gasteiger partial charge in [-0.15, -0.1) is 23.7 Å². The Labute approximate surface area is 165 Å². The summed E-state index contributed by atoms with van der Waals surface area (Å²) in [6, 6.07) is 0.182. The van der Waals surface area contributed by atoms with Gasteiger partial charge in [0.05, 0.1) is 12.1 Å². The third-order valence-corrected chi connectivity index (χ3v) is 6.93. The molecule has 4 rings (SSSR count). The van der Waals surface area contributed by atoms with E-state index in [0.717, 1.165) is 56.8 Å². The van der Waals surface area contributed by atoms with Crippen molar-refractivity contribution in [2.75, 3.05) is 32.7 Å². The van der Waals surface area contributed by atoms with E-state index in [9.17, 15) is 9.59 Å². The highest BCUT2D eigenvalue weighted by Crippen LogP contribution is 2.34. The number of hydrogen-bond acceptors (Lipinski definition) is 4. The van der Waals surface area contributed by atoms with Gasteiger partial charge in [-0.05, 0) is 43.6 Å². The number of halogens is 1. The highest BCUT2D eigenvalue weighted by atomic mass is 35.5. The first-order valence-electron chi connectivity index (χ1n) is 9.52. The molecule has 1 aromatic rings. The van der Waals surface area contributed by atoms with E-state index in [4.69, 9.17) is 0 Å². The van der Waals surface area contributed by atoms with Crippen LogP contribution >= 0.6 is 23.7 Å². The minimum Gasteiger partial charge on any atom is -0.337 e. The lowest BCUT2D eigenvalue weighted by Crippen LogP contribution is -2.57. The summed E-state index contributed by atoms with van der Waals surface area (Å²) in [4.78, 5) is 30.7. The average molecular weight is 398 g/mol. The fourth-order valence-electron chi connectivity index (χ4n) is 4.43. The Kier molecular flexibility index (Phi) is 6.25. The summed E-state index contributed by atoms with van der Waals surface area (Å²) < 4.78 is 0. The van der Waals surface area contributed by atoms with Crippen LogP contribution in [0.3, 0.4) is 0 Å². The molecule has 0 aromatic carbocycles. The Morgan fingerprint density at radius 2 is 2.15 bits per heavy atom. The Balaban J connectivity index is 0.00000196. The number of likely N-dealkylation sites (tertiary alicyclic amines) is 1. The predicted octanol–water partition coefficient (Wildman–Crippen LogP) is 2.33. The standard InChI is InChI=1S/C19H27N3O2S.ClH/c1-13-4-5-15-16(12-25-17(15)9-13)19(24)21-7-2-3-14(11-21)22-8-6-20-10-18(22)23;/h12-14,20H,2-11H2,1H3;1H. The second-order valence-electron chi connectivity index (χ2n) is 7.71. The maximum absolute atomic E-state index is 13.1. The number of hydrogen-bond donors (Lipinski definition) is 1. The topological polar surface area (TPSA) is 52.7 Å². The Morgan fingerprint density at radius 1 is 1.31 bits per heavy atom. The van der Waals surface area contributed by atoms with Crippen molar-refractivity contribution in [2.24, 2.45) is 5.92 Å². The summed E-state index contributed by atoms with van der Waals surface area (Å²) in [5.74, 6) is 1.08. The molecule has 2 saturated heterocycles.